The van der Waals surface area contributed by atoms with Crippen molar-refractivity contribution in [1.29, 1.82) is 0 Å². The first kappa shape index (κ1) is 43.7. The lowest BCUT2D eigenvalue weighted by Crippen LogP contribution is -2.71. The Morgan fingerprint density at radius 2 is 1.65 bits per heavy atom. The number of carbonyl (C=O) groups is 4. The molecule has 0 radical (unpaired) electrons. The molecule has 15 heteroatoms. The quantitative estimate of drug-likeness (QED) is 0.0885. The van der Waals surface area contributed by atoms with Gasteiger partial charge in [0, 0.05) is 29.3 Å². The molecule has 0 aromatic heterocycles. The molecule has 14 nitrogen and oxygen atoms in total. The van der Waals surface area contributed by atoms with Gasteiger partial charge >= 0.3 is 11.9 Å². The first-order chi connectivity index (χ1) is 26.1. The molecule has 0 spiro atoms. The van der Waals surface area contributed by atoms with Gasteiger partial charge in [0.2, 0.25) is 11.8 Å². The van der Waals surface area contributed by atoms with Gasteiger partial charge in [0.05, 0.1) is 25.3 Å². The van der Waals surface area contributed by atoms with E-state index in [4.69, 9.17) is 23.8 Å². The number of halogens is 1. The van der Waals surface area contributed by atoms with Crippen molar-refractivity contribution in [2.75, 3.05) is 6.61 Å². The number of hydroxylamine groups is 2. The largest absolute Gasteiger partial charge is 0.460 e. The molecule has 4 aliphatic rings. The number of nitrogens with one attached hydrogen (secondary N) is 2. The maximum absolute atomic E-state index is 14.9. The maximum Gasteiger partial charge on any atom is 0.327 e. The van der Waals surface area contributed by atoms with E-state index in [1.54, 1.807) is 20.8 Å². The molecule has 1 aromatic rings. The second-order valence-electron chi connectivity index (χ2n) is 16.5. The molecule has 2 bridgehead atoms. The number of carbonyl (C=O) groups excluding carboxylic acids is 4. The molecule has 9 atom stereocenters. The van der Waals surface area contributed by atoms with Crippen molar-refractivity contribution in [3.63, 3.8) is 0 Å². The number of aliphatic hydroxyl groups is 2. The standard InChI is InChI=1S/C40H60IN3O11/c1-7-9-11-19-39(20-12-10-8-2)53-31-28-21-40(33(36(49)51-28)44(55-34(40)32(31)54-39)22-25-13-15-26(41)16-14-25)37(50)43-30(24(3)46)35(48)42-27(23-45)17-18-29(47)52-38(4,5)6/h13-16,24,27-28,30-34,45-46H,7-12,17-23H2,1-6H3,(H,42,48)(H,43,50)/t24-,27-,28?,30+,31-,32-,33-,34+,40?/m0/s1. The molecule has 3 saturated heterocycles. The van der Waals surface area contributed by atoms with E-state index in [1.165, 1.54) is 12.0 Å². The Bertz CT molecular complexity index is 1490. The zero-order chi connectivity index (χ0) is 40.1. The van der Waals surface area contributed by atoms with E-state index < -0.39 is 95.8 Å². The first-order valence-electron chi connectivity index (χ1n) is 19.9. The predicted molar refractivity (Wildman–Crippen MR) is 209 cm³/mol. The highest BCUT2D eigenvalue weighted by molar-refractivity contribution is 14.1. The SMILES string of the molecule is CCCCCC1(CCCCC)O[C@@H]2[C@H]3ON(Cc4ccc(I)cc4)[C@H]4C(=O)OC(CC34C(=O)N[C@@H](C(=O)N[C@H](CO)CCC(=O)OC(C)(C)C)[C@H](C)O)[C@@H]2O1. The van der Waals surface area contributed by atoms with Crippen molar-refractivity contribution in [3.8, 4) is 0 Å². The summed E-state index contributed by atoms with van der Waals surface area (Å²) in [6.45, 7) is 10.5. The second kappa shape index (κ2) is 18.5. The summed E-state index contributed by atoms with van der Waals surface area (Å²) < 4.78 is 26.2. The van der Waals surface area contributed by atoms with Crippen molar-refractivity contribution >= 4 is 46.3 Å². The molecule has 4 N–H and O–H groups in total. The Hall–Kier alpha value is -2.41. The number of rotatable bonds is 19. The van der Waals surface area contributed by atoms with Crippen LogP contribution in [-0.4, -0.2) is 106 Å². The minimum atomic E-state index is -1.57. The normalized spacial score (nSPS) is 28.5. The van der Waals surface area contributed by atoms with Crippen LogP contribution in [0.1, 0.15) is 118 Å². The van der Waals surface area contributed by atoms with Gasteiger partial charge in [0.1, 0.15) is 41.5 Å². The minimum absolute atomic E-state index is 0.0525. The number of fused-ring (bicyclic) bond motifs is 4. The fraction of sp³-hybridized carbons (Fsp3) is 0.750. The number of hydrogen-bond acceptors (Lipinski definition) is 12. The lowest BCUT2D eigenvalue weighted by atomic mass is 9.62. The molecule has 2 amide bonds. The molecule has 2 unspecified atom stereocenters. The van der Waals surface area contributed by atoms with Gasteiger partial charge in [-0.2, -0.15) is 5.06 Å². The molecule has 308 valence electrons. The molecule has 3 aliphatic heterocycles. The molecule has 1 aromatic carbocycles. The zero-order valence-electron chi connectivity index (χ0n) is 33.0. The summed E-state index contributed by atoms with van der Waals surface area (Å²) in [7, 11) is 0. The Balaban J connectivity index is 1.44. The van der Waals surface area contributed by atoms with Crippen molar-refractivity contribution in [3.05, 3.63) is 33.4 Å². The van der Waals surface area contributed by atoms with Gasteiger partial charge in [-0.05, 0) is 87.2 Å². The molecule has 5 rings (SSSR count). The fourth-order valence-corrected chi connectivity index (χ4v) is 8.69. The highest BCUT2D eigenvalue weighted by atomic mass is 127. The lowest BCUT2D eigenvalue weighted by molar-refractivity contribution is -0.224. The van der Waals surface area contributed by atoms with E-state index in [0.29, 0.717) is 12.8 Å². The lowest BCUT2D eigenvalue weighted by Gasteiger charge is -2.49. The fourth-order valence-electron chi connectivity index (χ4n) is 8.33. The summed E-state index contributed by atoms with van der Waals surface area (Å²) in [6, 6.07) is 4.22. The van der Waals surface area contributed by atoms with Crippen LogP contribution in [0, 0.1) is 8.99 Å². The van der Waals surface area contributed by atoms with Gasteiger partial charge in [0.25, 0.3) is 0 Å². The average Bonchev–Trinajstić information content (AvgIpc) is 3.67. The monoisotopic (exact) mass is 885 g/mol. The third-order valence-electron chi connectivity index (χ3n) is 11.0. The van der Waals surface area contributed by atoms with Crippen molar-refractivity contribution in [2.24, 2.45) is 5.41 Å². The van der Waals surface area contributed by atoms with E-state index >= 15 is 0 Å². The van der Waals surface area contributed by atoms with Crippen molar-refractivity contribution in [1.82, 2.24) is 15.7 Å². The van der Waals surface area contributed by atoms with Gasteiger partial charge in [-0.25, -0.2) is 0 Å². The summed E-state index contributed by atoms with van der Waals surface area (Å²) in [6.07, 6.45) is 2.51. The summed E-state index contributed by atoms with van der Waals surface area (Å²) >= 11 is 2.22. The topological polar surface area (TPSA) is 182 Å². The smallest absolute Gasteiger partial charge is 0.327 e. The van der Waals surface area contributed by atoms with E-state index in [0.717, 1.165) is 47.7 Å². The van der Waals surface area contributed by atoms with E-state index in [9.17, 15) is 29.4 Å². The molecular weight excluding hydrogens is 825 g/mol. The van der Waals surface area contributed by atoms with Crippen LogP contribution in [0.4, 0.5) is 0 Å². The van der Waals surface area contributed by atoms with Gasteiger partial charge < -0.3 is 39.8 Å². The molecule has 1 aliphatic carbocycles. The third-order valence-corrected chi connectivity index (χ3v) is 11.7. The number of hydrogen-bond donors (Lipinski definition) is 4. The summed E-state index contributed by atoms with van der Waals surface area (Å²) in [4.78, 5) is 61.8. The first-order valence-corrected chi connectivity index (χ1v) is 21.0. The van der Waals surface area contributed by atoms with E-state index in [-0.39, 0.29) is 25.8 Å². The number of benzene rings is 1. The Morgan fingerprint density at radius 1 is 1.02 bits per heavy atom. The molecular formula is C40H60IN3O11. The third kappa shape index (κ3) is 10.0. The minimum Gasteiger partial charge on any atom is -0.460 e. The van der Waals surface area contributed by atoms with Gasteiger partial charge in [-0.3, -0.25) is 24.0 Å². The highest BCUT2D eigenvalue weighted by Gasteiger charge is 2.76. The molecule has 1 saturated carbocycles. The highest BCUT2D eigenvalue weighted by Crippen LogP contribution is 2.58. The van der Waals surface area contributed by atoms with Crippen LogP contribution in [0.25, 0.3) is 0 Å². The Labute approximate surface area is 338 Å². The van der Waals surface area contributed by atoms with Gasteiger partial charge in [-0.1, -0.05) is 51.7 Å². The van der Waals surface area contributed by atoms with Gasteiger partial charge in [0.15, 0.2) is 11.8 Å². The molecule has 55 heavy (non-hydrogen) atoms. The molecule has 4 fully saturated rings. The maximum atomic E-state index is 14.9. The average molecular weight is 886 g/mol. The second-order valence-corrected chi connectivity index (χ2v) is 17.8. The molecule has 3 heterocycles. The number of aliphatic hydroxyl groups excluding tert-OH is 2. The van der Waals surface area contributed by atoms with Crippen LogP contribution in [0.2, 0.25) is 0 Å². The van der Waals surface area contributed by atoms with E-state index in [2.05, 4.69) is 47.1 Å². The van der Waals surface area contributed by atoms with Crippen molar-refractivity contribution in [2.45, 2.75) is 179 Å². The van der Waals surface area contributed by atoms with Crippen LogP contribution in [0.15, 0.2) is 24.3 Å². The van der Waals surface area contributed by atoms with Gasteiger partial charge in [-0.15, -0.1) is 0 Å². The number of amides is 2. The van der Waals surface area contributed by atoms with Crippen molar-refractivity contribution < 1.29 is 53.2 Å². The predicted octanol–water partition coefficient (Wildman–Crippen LogP) is 4.20. The number of nitrogens with zero attached hydrogens (tertiary/aromatic N) is 1. The van der Waals surface area contributed by atoms with Crippen LogP contribution in [0.3, 0.4) is 0 Å². The summed E-state index contributed by atoms with van der Waals surface area (Å²) in [5.41, 5.74) is -1.42. The Morgan fingerprint density at radius 3 is 2.24 bits per heavy atom. The van der Waals surface area contributed by atoms with Crippen LogP contribution >= 0.6 is 22.6 Å². The summed E-state index contributed by atoms with van der Waals surface area (Å²) in [5, 5.41) is 27.9. The number of unbranched alkanes of at least 4 members (excludes halogenated alkanes) is 4. The van der Waals surface area contributed by atoms with E-state index in [1.807, 2.05) is 24.3 Å². The summed E-state index contributed by atoms with van der Waals surface area (Å²) in [5.74, 6) is -3.50. The van der Waals surface area contributed by atoms with Crippen LogP contribution in [-0.2, 0) is 49.5 Å². The van der Waals surface area contributed by atoms with Crippen LogP contribution < -0.4 is 10.6 Å². The number of esters is 2. The zero-order valence-corrected chi connectivity index (χ0v) is 35.2. The number of ether oxygens (including phenoxy) is 4. The Kier molecular flexibility index (Phi) is 14.7. The van der Waals surface area contributed by atoms with Crippen LogP contribution in [0.5, 0.6) is 0 Å².